The molecular weight excluding hydrogens is 450 g/mol. The number of ketones is 1. The molecule has 0 radical (unpaired) electrons. The predicted octanol–water partition coefficient (Wildman–Crippen LogP) is 3.72. The molecule has 0 spiro atoms. The molecule has 184 valence electrons. The number of carbonyl (C=O) groups excluding carboxylic acids is 2. The number of hydrogen-bond donors (Lipinski definition) is 2. The largest absolute Gasteiger partial charge is 0.507 e. The lowest BCUT2D eigenvalue weighted by atomic mass is 9.94. The van der Waals surface area contributed by atoms with E-state index in [1.807, 2.05) is 6.92 Å². The lowest BCUT2D eigenvalue weighted by Gasteiger charge is -2.28. The standard InChI is InChI=1S/C27H29NO7/c1-3-33-22-13-16(6-8-20(22)29)24-23(26(31)27(32)28(24)14-19-5-4-10-34-19)25(30)17-7-9-21-18(12-17)11-15(2)35-21/h6-9,12-13,15,19,24,29-30H,3-5,10-11,14H2,1-2H3/b25-23+. The number of Topliss-reactive ketones (excluding diaryl/α,β-unsaturated/α-hetero) is 1. The number of phenolic OH excluding ortho intramolecular Hbond substituents is 1. The first kappa shape index (κ1) is 23.2. The van der Waals surface area contributed by atoms with Gasteiger partial charge in [-0.3, -0.25) is 9.59 Å². The van der Waals surface area contributed by atoms with Crippen molar-refractivity contribution >= 4 is 17.4 Å². The van der Waals surface area contributed by atoms with Crippen molar-refractivity contribution in [1.29, 1.82) is 0 Å². The highest BCUT2D eigenvalue weighted by Gasteiger charge is 2.47. The van der Waals surface area contributed by atoms with E-state index < -0.39 is 17.7 Å². The van der Waals surface area contributed by atoms with Crippen molar-refractivity contribution in [2.24, 2.45) is 0 Å². The SMILES string of the molecule is CCOc1cc(C2/C(=C(\O)c3ccc4c(c3)CC(C)O4)C(=O)C(=O)N2CC2CCCO2)ccc1O. The molecule has 8 nitrogen and oxygen atoms in total. The number of benzene rings is 2. The van der Waals surface area contributed by atoms with Crippen molar-refractivity contribution in [1.82, 2.24) is 4.90 Å². The average Bonchev–Trinajstić information content (AvgIpc) is 3.54. The number of likely N-dealkylation sites (tertiary alicyclic amines) is 1. The fraction of sp³-hybridized carbons (Fsp3) is 0.407. The minimum absolute atomic E-state index is 0.00745. The third kappa shape index (κ3) is 4.23. The zero-order chi connectivity index (χ0) is 24.7. The van der Waals surface area contributed by atoms with Gasteiger partial charge >= 0.3 is 0 Å². The highest BCUT2D eigenvalue weighted by atomic mass is 16.5. The van der Waals surface area contributed by atoms with Gasteiger partial charge < -0.3 is 29.3 Å². The van der Waals surface area contributed by atoms with Gasteiger partial charge in [0.25, 0.3) is 11.7 Å². The van der Waals surface area contributed by atoms with Crippen molar-refractivity contribution in [3.8, 4) is 17.2 Å². The summed E-state index contributed by atoms with van der Waals surface area (Å²) in [7, 11) is 0. The fourth-order valence-electron chi connectivity index (χ4n) is 5.12. The molecule has 2 aromatic rings. The van der Waals surface area contributed by atoms with Crippen molar-refractivity contribution in [2.75, 3.05) is 19.8 Å². The van der Waals surface area contributed by atoms with E-state index in [1.54, 1.807) is 37.3 Å². The molecule has 2 N–H and O–H groups in total. The summed E-state index contributed by atoms with van der Waals surface area (Å²) < 4.78 is 17.0. The Labute approximate surface area is 203 Å². The smallest absolute Gasteiger partial charge is 0.295 e. The summed E-state index contributed by atoms with van der Waals surface area (Å²) in [4.78, 5) is 28.0. The van der Waals surface area contributed by atoms with E-state index in [0.29, 0.717) is 30.8 Å². The monoisotopic (exact) mass is 479 g/mol. The zero-order valence-corrected chi connectivity index (χ0v) is 19.8. The fourth-order valence-corrected chi connectivity index (χ4v) is 5.12. The van der Waals surface area contributed by atoms with Crippen LogP contribution in [0.25, 0.3) is 5.76 Å². The number of phenols is 1. The van der Waals surface area contributed by atoms with E-state index in [0.717, 1.165) is 24.2 Å². The highest BCUT2D eigenvalue weighted by molar-refractivity contribution is 6.46. The molecule has 35 heavy (non-hydrogen) atoms. The van der Waals surface area contributed by atoms with Gasteiger partial charge in [-0.2, -0.15) is 0 Å². The lowest BCUT2D eigenvalue weighted by Crippen LogP contribution is -2.36. The van der Waals surface area contributed by atoms with Gasteiger partial charge in [0.1, 0.15) is 17.6 Å². The number of nitrogens with zero attached hydrogens (tertiary/aromatic N) is 1. The maximum atomic E-state index is 13.3. The summed E-state index contributed by atoms with van der Waals surface area (Å²) >= 11 is 0. The first-order valence-electron chi connectivity index (χ1n) is 12.0. The number of aliphatic hydroxyl groups is 1. The van der Waals surface area contributed by atoms with Crippen LogP contribution in [0, 0.1) is 0 Å². The summed E-state index contributed by atoms with van der Waals surface area (Å²) in [6, 6.07) is 9.16. The summed E-state index contributed by atoms with van der Waals surface area (Å²) in [6.45, 7) is 4.95. The Morgan fingerprint density at radius 3 is 2.77 bits per heavy atom. The molecule has 3 atom stereocenters. The molecular formula is C27H29NO7. The summed E-state index contributed by atoms with van der Waals surface area (Å²) in [5.74, 6) is -0.713. The minimum Gasteiger partial charge on any atom is -0.507 e. The van der Waals surface area contributed by atoms with E-state index in [1.165, 1.54) is 11.0 Å². The molecule has 3 heterocycles. The number of fused-ring (bicyclic) bond motifs is 1. The van der Waals surface area contributed by atoms with Crippen LogP contribution in [0.2, 0.25) is 0 Å². The molecule has 2 aromatic carbocycles. The van der Waals surface area contributed by atoms with Crippen LogP contribution in [-0.4, -0.2) is 58.8 Å². The normalized spacial score (nSPS) is 25.1. The average molecular weight is 480 g/mol. The number of rotatable bonds is 6. The van der Waals surface area contributed by atoms with Crippen LogP contribution >= 0.6 is 0 Å². The van der Waals surface area contributed by atoms with Crippen LogP contribution in [-0.2, 0) is 20.7 Å². The van der Waals surface area contributed by atoms with Gasteiger partial charge in [-0.1, -0.05) is 6.07 Å². The Morgan fingerprint density at radius 2 is 2.03 bits per heavy atom. The predicted molar refractivity (Wildman–Crippen MR) is 127 cm³/mol. The molecule has 1 amide bonds. The quantitative estimate of drug-likeness (QED) is 0.370. The molecule has 3 unspecified atom stereocenters. The Kier molecular flexibility index (Phi) is 6.15. The van der Waals surface area contributed by atoms with Gasteiger partial charge in [0.15, 0.2) is 11.5 Å². The Morgan fingerprint density at radius 1 is 1.20 bits per heavy atom. The maximum Gasteiger partial charge on any atom is 0.295 e. The van der Waals surface area contributed by atoms with Crippen molar-refractivity contribution in [3.05, 3.63) is 58.7 Å². The first-order valence-corrected chi connectivity index (χ1v) is 12.0. The van der Waals surface area contributed by atoms with E-state index in [2.05, 4.69) is 0 Å². The van der Waals surface area contributed by atoms with E-state index in [4.69, 9.17) is 14.2 Å². The molecule has 2 fully saturated rings. The van der Waals surface area contributed by atoms with Crippen molar-refractivity contribution < 1.29 is 34.0 Å². The van der Waals surface area contributed by atoms with Crippen molar-refractivity contribution in [2.45, 2.75) is 51.4 Å². The van der Waals surface area contributed by atoms with Gasteiger partial charge in [0.05, 0.1) is 24.3 Å². The molecule has 3 aliphatic rings. The molecule has 0 saturated carbocycles. The lowest BCUT2D eigenvalue weighted by molar-refractivity contribution is -0.140. The molecule has 0 bridgehead atoms. The van der Waals surface area contributed by atoms with Crippen LogP contribution in [0.4, 0.5) is 0 Å². The second-order valence-electron chi connectivity index (χ2n) is 9.20. The second kappa shape index (κ2) is 9.26. The third-order valence-electron chi connectivity index (χ3n) is 6.73. The zero-order valence-electron chi connectivity index (χ0n) is 19.8. The molecule has 5 rings (SSSR count). The summed E-state index contributed by atoms with van der Waals surface area (Å²) in [6.07, 6.45) is 2.23. The Bertz CT molecular complexity index is 1200. The molecule has 2 saturated heterocycles. The van der Waals surface area contributed by atoms with Crippen LogP contribution in [0.1, 0.15) is 49.4 Å². The van der Waals surface area contributed by atoms with Crippen LogP contribution in [0.5, 0.6) is 17.2 Å². The third-order valence-corrected chi connectivity index (χ3v) is 6.73. The number of amides is 1. The molecule has 8 heteroatoms. The van der Waals surface area contributed by atoms with Crippen molar-refractivity contribution in [3.63, 3.8) is 0 Å². The number of ether oxygens (including phenoxy) is 3. The number of hydrogen-bond acceptors (Lipinski definition) is 7. The topological polar surface area (TPSA) is 106 Å². The van der Waals surface area contributed by atoms with Crippen LogP contribution < -0.4 is 9.47 Å². The van der Waals surface area contributed by atoms with E-state index >= 15 is 0 Å². The van der Waals surface area contributed by atoms with Gasteiger partial charge in [-0.05, 0) is 68.1 Å². The number of aliphatic hydroxyl groups excluding tert-OH is 1. The summed E-state index contributed by atoms with van der Waals surface area (Å²) in [5.41, 5.74) is 1.96. The van der Waals surface area contributed by atoms with Gasteiger partial charge in [-0.25, -0.2) is 0 Å². The second-order valence-corrected chi connectivity index (χ2v) is 9.20. The Hall–Kier alpha value is -3.52. The Balaban J connectivity index is 1.62. The van der Waals surface area contributed by atoms with Crippen LogP contribution in [0.15, 0.2) is 42.0 Å². The number of aromatic hydroxyl groups is 1. The van der Waals surface area contributed by atoms with E-state index in [-0.39, 0.29) is 41.6 Å². The van der Waals surface area contributed by atoms with E-state index in [9.17, 15) is 19.8 Å². The minimum atomic E-state index is -0.845. The number of carbonyl (C=O) groups is 2. The van der Waals surface area contributed by atoms with Gasteiger partial charge in [-0.15, -0.1) is 0 Å². The van der Waals surface area contributed by atoms with Gasteiger partial charge in [0, 0.05) is 25.1 Å². The van der Waals surface area contributed by atoms with Crippen LogP contribution in [0.3, 0.4) is 0 Å². The molecule has 0 aliphatic carbocycles. The first-order chi connectivity index (χ1) is 16.9. The molecule has 3 aliphatic heterocycles. The highest BCUT2D eigenvalue weighted by Crippen LogP contribution is 2.43. The summed E-state index contributed by atoms with van der Waals surface area (Å²) in [5, 5.41) is 21.6. The van der Waals surface area contributed by atoms with Gasteiger partial charge in [0.2, 0.25) is 0 Å². The maximum absolute atomic E-state index is 13.3. The molecule has 0 aromatic heterocycles.